The molecule has 136 valence electrons. The van der Waals surface area contributed by atoms with Crippen molar-refractivity contribution in [2.45, 2.75) is 12.8 Å². The summed E-state index contributed by atoms with van der Waals surface area (Å²) < 4.78 is 0. The second-order valence-corrected chi connectivity index (χ2v) is 7.16. The van der Waals surface area contributed by atoms with Crippen molar-refractivity contribution in [3.8, 4) is 0 Å². The maximum absolute atomic E-state index is 12.4. The molecule has 26 heavy (non-hydrogen) atoms. The van der Waals surface area contributed by atoms with Crippen molar-refractivity contribution in [2.75, 3.05) is 49.1 Å². The molecule has 0 saturated carbocycles. The first-order valence-electron chi connectivity index (χ1n) is 9.07. The molecule has 2 aliphatic rings. The van der Waals surface area contributed by atoms with Gasteiger partial charge in [-0.3, -0.25) is 4.79 Å². The van der Waals surface area contributed by atoms with E-state index in [9.17, 15) is 4.79 Å². The van der Waals surface area contributed by atoms with E-state index >= 15 is 0 Å². The molecule has 4 rings (SSSR count). The van der Waals surface area contributed by atoms with E-state index in [1.54, 1.807) is 12.4 Å². The van der Waals surface area contributed by atoms with E-state index in [4.69, 9.17) is 11.6 Å². The Morgan fingerprint density at radius 1 is 0.923 bits per heavy atom. The summed E-state index contributed by atoms with van der Waals surface area (Å²) in [6.45, 7) is 5.13. The van der Waals surface area contributed by atoms with Crippen LogP contribution in [0.1, 0.15) is 23.2 Å². The SMILES string of the molecule is O=C(c1cnc(N2CCN(c3cccc(Cl)c3)CC2)nc1)N1CCCC1. The largest absolute Gasteiger partial charge is 0.368 e. The summed E-state index contributed by atoms with van der Waals surface area (Å²) in [4.78, 5) is 27.6. The number of nitrogens with zero attached hydrogens (tertiary/aromatic N) is 5. The molecule has 0 N–H and O–H groups in total. The van der Waals surface area contributed by atoms with Crippen LogP contribution in [0, 0.1) is 0 Å². The number of anilines is 2. The number of carbonyl (C=O) groups is 1. The van der Waals surface area contributed by atoms with E-state index in [0.717, 1.165) is 62.8 Å². The van der Waals surface area contributed by atoms with Crippen molar-refractivity contribution >= 4 is 29.1 Å². The van der Waals surface area contributed by atoms with E-state index < -0.39 is 0 Å². The Morgan fingerprint density at radius 2 is 1.58 bits per heavy atom. The Morgan fingerprint density at radius 3 is 2.23 bits per heavy atom. The van der Waals surface area contributed by atoms with Gasteiger partial charge in [0.1, 0.15) is 0 Å². The van der Waals surface area contributed by atoms with Gasteiger partial charge in [-0.15, -0.1) is 0 Å². The molecule has 0 radical (unpaired) electrons. The van der Waals surface area contributed by atoms with Crippen molar-refractivity contribution in [1.82, 2.24) is 14.9 Å². The highest BCUT2D eigenvalue weighted by Gasteiger charge is 2.22. The number of carbonyl (C=O) groups excluding carboxylic acids is 1. The van der Waals surface area contributed by atoms with Gasteiger partial charge in [0.05, 0.1) is 5.56 Å². The van der Waals surface area contributed by atoms with E-state index in [1.165, 1.54) is 0 Å². The molecule has 1 aromatic carbocycles. The van der Waals surface area contributed by atoms with Gasteiger partial charge in [-0.1, -0.05) is 17.7 Å². The lowest BCUT2D eigenvalue weighted by Gasteiger charge is -2.36. The Hall–Kier alpha value is -2.34. The molecule has 0 aliphatic carbocycles. The molecule has 1 amide bonds. The number of piperazine rings is 1. The number of aromatic nitrogens is 2. The molecule has 2 fully saturated rings. The minimum absolute atomic E-state index is 0.0415. The van der Waals surface area contributed by atoms with E-state index in [2.05, 4.69) is 25.8 Å². The van der Waals surface area contributed by atoms with Gasteiger partial charge in [-0.05, 0) is 31.0 Å². The van der Waals surface area contributed by atoms with Crippen molar-refractivity contribution < 1.29 is 4.79 Å². The molecule has 1 aromatic heterocycles. The molecule has 2 aliphatic heterocycles. The smallest absolute Gasteiger partial charge is 0.256 e. The molecular weight excluding hydrogens is 350 g/mol. The molecule has 7 heteroatoms. The fourth-order valence-corrected chi connectivity index (χ4v) is 3.72. The zero-order chi connectivity index (χ0) is 17.9. The van der Waals surface area contributed by atoms with Crippen LogP contribution in [0.15, 0.2) is 36.7 Å². The molecular formula is C19H22ClN5O. The van der Waals surface area contributed by atoms with Crippen molar-refractivity contribution in [3.63, 3.8) is 0 Å². The average molecular weight is 372 g/mol. The highest BCUT2D eigenvalue weighted by molar-refractivity contribution is 6.30. The van der Waals surface area contributed by atoms with E-state index in [0.29, 0.717) is 11.5 Å². The lowest BCUT2D eigenvalue weighted by Crippen LogP contribution is -2.47. The molecule has 6 nitrogen and oxygen atoms in total. The van der Waals surface area contributed by atoms with Gasteiger partial charge in [-0.25, -0.2) is 9.97 Å². The normalized spacial score (nSPS) is 17.7. The molecule has 0 spiro atoms. The average Bonchev–Trinajstić information content (AvgIpc) is 3.23. The standard InChI is InChI=1S/C19H22ClN5O/c20-16-4-3-5-17(12-16)23-8-10-25(11-9-23)19-21-13-15(14-22-19)18(26)24-6-1-2-7-24/h3-5,12-14H,1-2,6-11H2. The zero-order valence-electron chi connectivity index (χ0n) is 14.6. The number of hydrogen-bond donors (Lipinski definition) is 0. The first-order valence-corrected chi connectivity index (χ1v) is 9.45. The van der Waals surface area contributed by atoms with Crippen LogP contribution >= 0.6 is 11.6 Å². The number of hydrogen-bond acceptors (Lipinski definition) is 5. The third-order valence-electron chi connectivity index (χ3n) is 5.01. The number of likely N-dealkylation sites (tertiary alicyclic amines) is 1. The lowest BCUT2D eigenvalue weighted by molar-refractivity contribution is 0.0792. The van der Waals surface area contributed by atoms with Gasteiger partial charge in [0.15, 0.2) is 0 Å². The molecule has 3 heterocycles. The van der Waals surface area contributed by atoms with Gasteiger partial charge in [-0.2, -0.15) is 0 Å². The van der Waals surface area contributed by atoms with Crippen LogP contribution in [0.4, 0.5) is 11.6 Å². The third kappa shape index (κ3) is 3.60. The summed E-state index contributed by atoms with van der Waals surface area (Å²) in [6.07, 6.45) is 5.49. The van der Waals surface area contributed by atoms with Crippen LogP contribution in [0.3, 0.4) is 0 Å². The number of rotatable bonds is 3. The summed E-state index contributed by atoms with van der Waals surface area (Å²) in [5.74, 6) is 0.730. The summed E-state index contributed by atoms with van der Waals surface area (Å²) >= 11 is 6.09. The van der Waals surface area contributed by atoms with Gasteiger partial charge >= 0.3 is 0 Å². The predicted octanol–water partition coefficient (Wildman–Crippen LogP) is 2.69. The number of amides is 1. The summed E-state index contributed by atoms with van der Waals surface area (Å²) in [5, 5.41) is 0.756. The number of halogens is 1. The highest BCUT2D eigenvalue weighted by Crippen LogP contribution is 2.22. The lowest BCUT2D eigenvalue weighted by atomic mass is 10.2. The topological polar surface area (TPSA) is 52.6 Å². The van der Waals surface area contributed by atoms with E-state index in [-0.39, 0.29) is 5.91 Å². The minimum atomic E-state index is 0.0415. The summed E-state index contributed by atoms with van der Waals surface area (Å²) in [6, 6.07) is 7.94. The van der Waals surface area contributed by atoms with Crippen molar-refractivity contribution in [2.24, 2.45) is 0 Å². The fraction of sp³-hybridized carbons (Fsp3) is 0.421. The molecule has 0 bridgehead atoms. The maximum Gasteiger partial charge on any atom is 0.256 e. The van der Waals surface area contributed by atoms with Gasteiger partial charge in [0, 0.05) is 62.4 Å². The van der Waals surface area contributed by atoms with Crippen LogP contribution in [0.2, 0.25) is 5.02 Å². The fourth-order valence-electron chi connectivity index (χ4n) is 3.54. The van der Waals surface area contributed by atoms with Gasteiger partial charge in [0.2, 0.25) is 5.95 Å². The van der Waals surface area contributed by atoms with E-state index in [1.807, 2.05) is 23.1 Å². The molecule has 2 saturated heterocycles. The second-order valence-electron chi connectivity index (χ2n) is 6.73. The quantitative estimate of drug-likeness (QED) is 0.830. The third-order valence-corrected chi connectivity index (χ3v) is 5.25. The molecule has 2 aromatic rings. The molecule has 0 atom stereocenters. The van der Waals surface area contributed by atoms with Gasteiger partial charge in [0.25, 0.3) is 5.91 Å². The predicted molar refractivity (Wildman–Crippen MR) is 103 cm³/mol. The van der Waals surface area contributed by atoms with Crippen LogP contribution in [-0.2, 0) is 0 Å². The van der Waals surface area contributed by atoms with Gasteiger partial charge < -0.3 is 14.7 Å². The summed E-state index contributed by atoms with van der Waals surface area (Å²) in [7, 11) is 0. The highest BCUT2D eigenvalue weighted by atomic mass is 35.5. The monoisotopic (exact) mass is 371 g/mol. The molecule has 0 unspecified atom stereocenters. The van der Waals surface area contributed by atoms with Crippen LogP contribution in [0.5, 0.6) is 0 Å². The van der Waals surface area contributed by atoms with Crippen LogP contribution in [-0.4, -0.2) is 60.0 Å². The Labute approximate surface area is 158 Å². The van der Waals surface area contributed by atoms with Crippen molar-refractivity contribution in [1.29, 1.82) is 0 Å². The van der Waals surface area contributed by atoms with Crippen LogP contribution in [0.25, 0.3) is 0 Å². The Bertz CT molecular complexity index is 768. The van der Waals surface area contributed by atoms with Crippen molar-refractivity contribution in [3.05, 3.63) is 47.2 Å². The minimum Gasteiger partial charge on any atom is -0.368 e. The first kappa shape index (κ1) is 17.1. The maximum atomic E-state index is 12.4. The Kier molecular flexibility index (Phi) is 4.93. The Balaban J connectivity index is 1.37. The zero-order valence-corrected chi connectivity index (χ0v) is 15.4. The van der Waals surface area contributed by atoms with Crippen LogP contribution < -0.4 is 9.80 Å². The second kappa shape index (κ2) is 7.50. The number of benzene rings is 1. The first-order chi connectivity index (χ1) is 12.7. The summed E-state index contributed by atoms with van der Waals surface area (Å²) in [5.41, 5.74) is 1.72.